The van der Waals surface area contributed by atoms with Crippen LogP contribution in [-0.4, -0.2) is 35.2 Å². The molecule has 92 valence electrons. The first-order chi connectivity index (χ1) is 7.95. The molecule has 0 aliphatic carbocycles. The summed E-state index contributed by atoms with van der Waals surface area (Å²) in [5.74, 6) is 0.0633. The first-order valence-corrected chi connectivity index (χ1v) is 5.56. The minimum atomic E-state index is -0.509. The highest BCUT2D eigenvalue weighted by molar-refractivity contribution is 6.18. The number of nitro benzene ring substituents is 1. The average molecular weight is 257 g/mol. The minimum Gasteiger partial charge on any atom is -0.341 e. The molecule has 1 aromatic rings. The van der Waals surface area contributed by atoms with Crippen LogP contribution in [0.5, 0.6) is 0 Å². The van der Waals surface area contributed by atoms with Crippen LogP contribution in [0, 0.1) is 17.0 Å². The average Bonchev–Trinajstić information content (AvgIpc) is 2.27. The Kier molecular flexibility index (Phi) is 4.45. The minimum absolute atomic E-state index is 0.0763. The maximum atomic E-state index is 11.9. The van der Waals surface area contributed by atoms with Crippen LogP contribution in [0.2, 0.25) is 0 Å². The van der Waals surface area contributed by atoms with Crippen molar-refractivity contribution in [2.75, 3.05) is 19.5 Å². The lowest BCUT2D eigenvalue weighted by molar-refractivity contribution is -0.384. The molecule has 1 amide bonds. The Hall–Kier alpha value is -1.62. The lowest BCUT2D eigenvalue weighted by Gasteiger charge is -2.15. The van der Waals surface area contributed by atoms with Crippen LogP contribution in [-0.2, 0) is 0 Å². The Labute approximate surface area is 104 Å². The van der Waals surface area contributed by atoms with Crippen molar-refractivity contribution >= 4 is 23.2 Å². The largest absolute Gasteiger partial charge is 0.341 e. The fourth-order valence-electron chi connectivity index (χ4n) is 1.44. The number of amides is 1. The monoisotopic (exact) mass is 256 g/mol. The van der Waals surface area contributed by atoms with Crippen LogP contribution in [0.4, 0.5) is 5.69 Å². The van der Waals surface area contributed by atoms with E-state index in [2.05, 4.69) is 0 Å². The maximum absolute atomic E-state index is 11.9. The second kappa shape index (κ2) is 5.63. The number of nitrogens with zero attached hydrogens (tertiary/aromatic N) is 2. The van der Waals surface area contributed by atoms with Crippen molar-refractivity contribution in [3.63, 3.8) is 0 Å². The Bertz CT molecular complexity index is 448. The van der Waals surface area contributed by atoms with Gasteiger partial charge < -0.3 is 4.90 Å². The van der Waals surface area contributed by atoms with Crippen molar-refractivity contribution in [2.24, 2.45) is 0 Å². The zero-order valence-electron chi connectivity index (χ0n) is 9.64. The molecule has 6 heteroatoms. The molecule has 17 heavy (non-hydrogen) atoms. The van der Waals surface area contributed by atoms with Gasteiger partial charge in [0.2, 0.25) is 0 Å². The van der Waals surface area contributed by atoms with E-state index in [1.54, 1.807) is 20.0 Å². The first-order valence-electron chi connectivity index (χ1n) is 5.03. The Balaban J connectivity index is 3.05. The third-order valence-corrected chi connectivity index (χ3v) is 2.46. The van der Waals surface area contributed by atoms with Gasteiger partial charge in [-0.3, -0.25) is 14.9 Å². The molecule has 0 aliphatic heterocycles. The number of carbonyl (C=O) groups is 1. The van der Waals surface area contributed by atoms with Gasteiger partial charge in [0.15, 0.2) is 0 Å². The van der Waals surface area contributed by atoms with E-state index in [1.165, 1.54) is 17.0 Å². The van der Waals surface area contributed by atoms with Crippen molar-refractivity contribution in [3.05, 3.63) is 39.4 Å². The molecule has 0 aliphatic rings. The van der Waals surface area contributed by atoms with E-state index < -0.39 is 4.92 Å². The zero-order valence-corrected chi connectivity index (χ0v) is 10.4. The van der Waals surface area contributed by atoms with Crippen molar-refractivity contribution in [1.29, 1.82) is 0 Å². The number of non-ortho nitro benzene ring substituents is 1. The number of hydrogen-bond donors (Lipinski definition) is 0. The number of hydrogen-bond acceptors (Lipinski definition) is 3. The van der Waals surface area contributed by atoms with Crippen molar-refractivity contribution in [2.45, 2.75) is 6.92 Å². The highest BCUT2D eigenvalue weighted by Crippen LogP contribution is 2.17. The van der Waals surface area contributed by atoms with Crippen molar-refractivity contribution in [1.82, 2.24) is 4.90 Å². The molecule has 0 N–H and O–H groups in total. The molecule has 0 heterocycles. The summed E-state index contributed by atoms with van der Waals surface area (Å²) < 4.78 is 0. The first kappa shape index (κ1) is 13.4. The van der Waals surface area contributed by atoms with Crippen LogP contribution >= 0.6 is 11.6 Å². The number of benzene rings is 1. The normalized spacial score (nSPS) is 10.1. The summed E-state index contributed by atoms with van der Waals surface area (Å²) >= 11 is 5.54. The topological polar surface area (TPSA) is 63.5 Å². The predicted octanol–water partition coefficient (Wildman–Crippen LogP) is 2.21. The number of aryl methyl sites for hydroxylation is 1. The van der Waals surface area contributed by atoms with E-state index in [1.807, 2.05) is 0 Å². The number of rotatable bonds is 4. The summed E-state index contributed by atoms with van der Waals surface area (Å²) in [6.07, 6.45) is 0. The number of carbonyl (C=O) groups excluding carboxylic acids is 1. The van der Waals surface area contributed by atoms with E-state index in [0.29, 0.717) is 23.6 Å². The number of nitro groups is 1. The van der Waals surface area contributed by atoms with Crippen molar-refractivity contribution < 1.29 is 9.72 Å². The molecule has 1 aromatic carbocycles. The fraction of sp³-hybridized carbons (Fsp3) is 0.364. The number of alkyl halides is 1. The van der Waals surface area contributed by atoms with Crippen LogP contribution in [0.3, 0.4) is 0 Å². The fourth-order valence-corrected chi connectivity index (χ4v) is 1.69. The van der Waals surface area contributed by atoms with Gasteiger partial charge in [-0.2, -0.15) is 0 Å². The van der Waals surface area contributed by atoms with Crippen LogP contribution < -0.4 is 0 Å². The van der Waals surface area contributed by atoms with Gasteiger partial charge in [0.25, 0.3) is 11.6 Å². The molecule has 0 saturated carbocycles. The summed E-state index contributed by atoms with van der Waals surface area (Å²) in [7, 11) is 1.61. The van der Waals surface area contributed by atoms with Gasteiger partial charge in [-0.15, -0.1) is 11.6 Å². The van der Waals surface area contributed by atoms with Gasteiger partial charge in [0.05, 0.1) is 4.92 Å². The quantitative estimate of drug-likeness (QED) is 0.471. The highest BCUT2D eigenvalue weighted by Gasteiger charge is 2.16. The van der Waals surface area contributed by atoms with Gasteiger partial charge >= 0.3 is 0 Å². The predicted molar refractivity (Wildman–Crippen MR) is 65.5 cm³/mol. The Morgan fingerprint density at radius 2 is 2.12 bits per heavy atom. The molecule has 0 aromatic heterocycles. The highest BCUT2D eigenvalue weighted by atomic mass is 35.5. The lowest BCUT2D eigenvalue weighted by Crippen LogP contribution is -2.28. The molecular formula is C11H13ClN2O3. The molecule has 0 fully saturated rings. The van der Waals surface area contributed by atoms with E-state index in [9.17, 15) is 14.9 Å². The van der Waals surface area contributed by atoms with Crippen LogP contribution in [0.25, 0.3) is 0 Å². The standard InChI is InChI=1S/C11H13ClN2O3/c1-8-5-9(7-10(6-8)14(16)17)11(15)13(2)4-3-12/h5-7H,3-4H2,1-2H3. The summed E-state index contributed by atoms with van der Waals surface area (Å²) in [6.45, 7) is 2.12. The third kappa shape index (κ3) is 3.42. The van der Waals surface area contributed by atoms with E-state index in [4.69, 9.17) is 11.6 Å². The van der Waals surface area contributed by atoms with Crippen LogP contribution in [0.1, 0.15) is 15.9 Å². The van der Waals surface area contributed by atoms with Gasteiger partial charge in [-0.05, 0) is 18.6 Å². The molecule has 0 atom stereocenters. The zero-order chi connectivity index (χ0) is 13.0. The second-order valence-corrected chi connectivity index (χ2v) is 4.11. The van der Waals surface area contributed by atoms with Crippen molar-refractivity contribution in [3.8, 4) is 0 Å². The third-order valence-electron chi connectivity index (χ3n) is 2.29. The van der Waals surface area contributed by atoms with Crippen LogP contribution in [0.15, 0.2) is 18.2 Å². The van der Waals surface area contributed by atoms with Gasteiger partial charge in [-0.1, -0.05) is 0 Å². The molecule has 0 saturated heterocycles. The molecule has 1 rings (SSSR count). The summed E-state index contributed by atoms with van der Waals surface area (Å²) in [6, 6.07) is 4.33. The molecular weight excluding hydrogens is 244 g/mol. The van der Waals surface area contributed by atoms with E-state index in [-0.39, 0.29) is 11.6 Å². The van der Waals surface area contributed by atoms with Gasteiger partial charge in [-0.25, -0.2) is 0 Å². The van der Waals surface area contributed by atoms with E-state index in [0.717, 1.165) is 0 Å². The van der Waals surface area contributed by atoms with Gasteiger partial charge in [0, 0.05) is 37.2 Å². The Morgan fingerprint density at radius 3 is 2.65 bits per heavy atom. The smallest absolute Gasteiger partial charge is 0.270 e. The number of halogens is 1. The SMILES string of the molecule is Cc1cc(C(=O)N(C)CCCl)cc([N+](=O)[O-])c1. The molecule has 5 nitrogen and oxygen atoms in total. The molecule has 0 bridgehead atoms. The second-order valence-electron chi connectivity index (χ2n) is 3.73. The molecule has 0 radical (unpaired) electrons. The molecule has 0 spiro atoms. The van der Waals surface area contributed by atoms with E-state index >= 15 is 0 Å². The summed E-state index contributed by atoms with van der Waals surface area (Å²) in [5.41, 5.74) is 0.916. The van der Waals surface area contributed by atoms with Gasteiger partial charge in [0.1, 0.15) is 0 Å². The summed E-state index contributed by atoms with van der Waals surface area (Å²) in [4.78, 5) is 23.5. The molecule has 0 unspecified atom stereocenters. The maximum Gasteiger partial charge on any atom is 0.270 e. The summed E-state index contributed by atoms with van der Waals surface area (Å²) in [5, 5.41) is 10.7. The Morgan fingerprint density at radius 1 is 1.47 bits per heavy atom. The lowest BCUT2D eigenvalue weighted by atomic mass is 10.1.